The molecule has 0 saturated heterocycles. The summed E-state index contributed by atoms with van der Waals surface area (Å²) in [5.74, 6) is 0.0773. The topological polar surface area (TPSA) is 80.0 Å². The van der Waals surface area contributed by atoms with E-state index in [1.807, 2.05) is 39.0 Å². The molecule has 0 radical (unpaired) electrons. The Morgan fingerprint density at radius 2 is 2.17 bits per heavy atom. The van der Waals surface area contributed by atoms with E-state index in [-0.39, 0.29) is 5.91 Å². The molecule has 134 valence electrons. The van der Waals surface area contributed by atoms with Gasteiger partial charge in [-0.2, -0.15) is 0 Å². The fourth-order valence-electron chi connectivity index (χ4n) is 2.23. The fourth-order valence-corrected chi connectivity index (χ4v) is 2.23. The van der Waals surface area contributed by atoms with Gasteiger partial charge in [0.2, 0.25) is 5.91 Å². The lowest BCUT2D eigenvalue weighted by molar-refractivity contribution is -0.126. The Morgan fingerprint density at radius 3 is 2.75 bits per heavy atom. The molecule has 0 aromatic heterocycles. The zero-order valence-corrected chi connectivity index (χ0v) is 15.4. The number of nitrogens with two attached hydrogens (primary N) is 1. The summed E-state index contributed by atoms with van der Waals surface area (Å²) in [5, 5.41) is 3.32. The monoisotopic (exact) mass is 334 g/mol. The van der Waals surface area contributed by atoms with E-state index in [0.717, 1.165) is 30.8 Å². The van der Waals surface area contributed by atoms with Gasteiger partial charge in [-0.1, -0.05) is 20.8 Å². The Labute approximate surface area is 145 Å². The maximum Gasteiger partial charge on any atom is 0.232 e. The summed E-state index contributed by atoms with van der Waals surface area (Å²) in [7, 11) is 3.47. The lowest BCUT2D eigenvalue weighted by Crippen LogP contribution is -2.38. The molecule has 0 heterocycles. The Kier molecular flexibility index (Phi) is 7.71. The third-order valence-electron chi connectivity index (χ3n) is 4.19. The van der Waals surface area contributed by atoms with Crippen LogP contribution in [0.5, 0.6) is 0 Å². The number of rotatable bonds is 9. The standard InChI is InChI=1S/C18H30N4O2/c1-6-18(2,3)17(23)22(4)14-8-9-15(16(12-14)21-13-19)20-10-7-11-24-5/h8-9,12-13,20H,6-7,10-11H2,1-5H3,(H2,19,21). The number of hydrogen-bond acceptors (Lipinski definition) is 4. The molecule has 0 aliphatic heterocycles. The molecular weight excluding hydrogens is 304 g/mol. The smallest absolute Gasteiger partial charge is 0.232 e. The Morgan fingerprint density at radius 1 is 1.46 bits per heavy atom. The quantitative estimate of drug-likeness (QED) is 0.413. The first-order chi connectivity index (χ1) is 11.4. The third kappa shape index (κ3) is 5.23. The van der Waals surface area contributed by atoms with Gasteiger partial charge in [0.1, 0.15) is 0 Å². The average Bonchev–Trinajstić information content (AvgIpc) is 2.58. The normalized spacial score (nSPS) is 11.7. The van der Waals surface area contributed by atoms with Crippen LogP contribution >= 0.6 is 0 Å². The van der Waals surface area contributed by atoms with E-state index in [0.29, 0.717) is 12.3 Å². The van der Waals surface area contributed by atoms with Crippen LogP contribution in [0.1, 0.15) is 33.6 Å². The van der Waals surface area contributed by atoms with Crippen LogP contribution in [0.3, 0.4) is 0 Å². The summed E-state index contributed by atoms with van der Waals surface area (Å²) >= 11 is 0. The van der Waals surface area contributed by atoms with E-state index in [1.165, 1.54) is 6.34 Å². The molecule has 0 aliphatic carbocycles. The number of amides is 1. The second-order valence-corrected chi connectivity index (χ2v) is 6.35. The number of benzene rings is 1. The van der Waals surface area contributed by atoms with Gasteiger partial charge in [-0.15, -0.1) is 0 Å². The zero-order chi connectivity index (χ0) is 18.2. The van der Waals surface area contributed by atoms with E-state index in [2.05, 4.69) is 10.3 Å². The van der Waals surface area contributed by atoms with Crippen LogP contribution < -0.4 is 16.0 Å². The molecule has 1 rings (SSSR count). The van der Waals surface area contributed by atoms with Crippen LogP contribution in [0.25, 0.3) is 0 Å². The minimum absolute atomic E-state index is 0.0773. The molecule has 6 nitrogen and oxygen atoms in total. The number of carbonyl (C=O) groups is 1. The first-order valence-corrected chi connectivity index (χ1v) is 8.26. The number of nitrogens with zero attached hydrogens (tertiary/aromatic N) is 2. The molecule has 0 atom stereocenters. The van der Waals surface area contributed by atoms with Crippen molar-refractivity contribution in [3.05, 3.63) is 18.2 Å². The minimum atomic E-state index is -0.400. The van der Waals surface area contributed by atoms with Gasteiger partial charge in [0.25, 0.3) is 0 Å². The molecule has 6 heteroatoms. The molecule has 1 amide bonds. The number of aliphatic imine (C=N–C) groups is 1. The number of ether oxygens (including phenoxy) is 1. The van der Waals surface area contributed by atoms with Crippen molar-refractivity contribution in [2.75, 3.05) is 37.5 Å². The lowest BCUT2D eigenvalue weighted by atomic mass is 9.88. The molecule has 0 spiro atoms. The van der Waals surface area contributed by atoms with Crippen molar-refractivity contribution in [1.82, 2.24) is 0 Å². The predicted molar refractivity (Wildman–Crippen MR) is 101 cm³/mol. The van der Waals surface area contributed by atoms with Gasteiger partial charge in [0.15, 0.2) is 0 Å². The summed E-state index contributed by atoms with van der Waals surface area (Å²) in [4.78, 5) is 18.5. The zero-order valence-electron chi connectivity index (χ0n) is 15.4. The van der Waals surface area contributed by atoms with E-state index in [4.69, 9.17) is 10.5 Å². The van der Waals surface area contributed by atoms with Gasteiger partial charge in [-0.05, 0) is 31.0 Å². The molecule has 24 heavy (non-hydrogen) atoms. The fraction of sp³-hybridized carbons (Fsp3) is 0.556. The summed E-state index contributed by atoms with van der Waals surface area (Å²) in [6, 6.07) is 5.71. The number of hydrogen-bond donors (Lipinski definition) is 2. The summed E-state index contributed by atoms with van der Waals surface area (Å²) in [6.07, 6.45) is 2.94. The first kappa shape index (κ1) is 20.0. The van der Waals surface area contributed by atoms with Crippen molar-refractivity contribution in [3.63, 3.8) is 0 Å². The summed E-state index contributed by atoms with van der Waals surface area (Å²) in [6.45, 7) is 7.40. The number of nitrogens with one attached hydrogen (secondary N) is 1. The Balaban J connectivity index is 2.98. The highest BCUT2D eigenvalue weighted by Gasteiger charge is 2.29. The molecule has 0 aliphatic rings. The lowest BCUT2D eigenvalue weighted by Gasteiger charge is -2.28. The highest BCUT2D eigenvalue weighted by Crippen LogP contribution is 2.32. The van der Waals surface area contributed by atoms with Crippen LogP contribution in [0, 0.1) is 5.41 Å². The molecule has 0 saturated carbocycles. The van der Waals surface area contributed by atoms with Crippen molar-refractivity contribution < 1.29 is 9.53 Å². The summed E-state index contributed by atoms with van der Waals surface area (Å²) in [5.41, 5.74) is 7.45. The van der Waals surface area contributed by atoms with Crippen molar-refractivity contribution in [3.8, 4) is 0 Å². The SMILES string of the molecule is CCC(C)(C)C(=O)N(C)c1ccc(NCCCOC)c(N=CN)c1. The Hall–Kier alpha value is -2.08. The van der Waals surface area contributed by atoms with E-state index < -0.39 is 5.41 Å². The molecule has 1 aromatic carbocycles. The third-order valence-corrected chi connectivity index (χ3v) is 4.19. The van der Waals surface area contributed by atoms with Crippen molar-refractivity contribution >= 4 is 29.3 Å². The second-order valence-electron chi connectivity index (χ2n) is 6.35. The number of carbonyl (C=O) groups excluding carboxylic acids is 1. The van der Waals surface area contributed by atoms with Gasteiger partial charge in [0, 0.05) is 38.4 Å². The maximum absolute atomic E-state index is 12.6. The number of methoxy groups -OCH3 is 1. The second kappa shape index (κ2) is 9.27. The van der Waals surface area contributed by atoms with E-state index in [9.17, 15) is 4.79 Å². The van der Waals surface area contributed by atoms with Crippen LogP contribution in [0.15, 0.2) is 23.2 Å². The van der Waals surface area contributed by atoms with Crippen LogP contribution in [-0.4, -0.2) is 39.6 Å². The maximum atomic E-state index is 12.6. The molecule has 1 aromatic rings. The van der Waals surface area contributed by atoms with Gasteiger partial charge >= 0.3 is 0 Å². The minimum Gasteiger partial charge on any atom is -0.390 e. The van der Waals surface area contributed by atoms with Crippen LogP contribution in [0.4, 0.5) is 17.1 Å². The van der Waals surface area contributed by atoms with Gasteiger partial charge in [-0.3, -0.25) is 4.79 Å². The van der Waals surface area contributed by atoms with Gasteiger partial charge < -0.3 is 20.7 Å². The molecule has 0 bridgehead atoms. The molecule has 3 N–H and O–H groups in total. The van der Waals surface area contributed by atoms with Crippen molar-refractivity contribution in [2.24, 2.45) is 16.1 Å². The van der Waals surface area contributed by atoms with Crippen molar-refractivity contribution in [2.45, 2.75) is 33.6 Å². The van der Waals surface area contributed by atoms with Crippen molar-refractivity contribution in [1.29, 1.82) is 0 Å². The highest BCUT2D eigenvalue weighted by atomic mass is 16.5. The van der Waals surface area contributed by atoms with Crippen LogP contribution in [-0.2, 0) is 9.53 Å². The van der Waals surface area contributed by atoms with Gasteiger partial charge in [0.05, 0.1) is 17.7 Å². The molecule has 0 unspecified atom stereocenters. The highest BCUT2D eigenvalue weighted by molar-refractivity contribution is 5.97. The predicted octanol–water partition coefficient (Wildman–Crippen LogP) is 3.15. The molecule has 0 fully saturated rings. The van der Waals surface area contributed by atoms with Gasteiger partial charge in [-0.25, -0.2) is 4.99 Å². The Bertz CT molecular complexity index is 570. The van der Waals surface area contributed by atoms with E-state index in [1.54, 1.807) is 19.1 Å². The average molecular weight is 334 g/mol. The summed E-state index contributed by atoms with van der Waals surface area (Å²) < 4.78 is 5.04. The van der Waals surface area contributed by atoms with Crippen LogP contribution in [0.2, 0.25) is 0 Å². The number of anilines is 2. The largest absolute Gasteiger partial charge is 0.390 e. The molecular formula is C18H30N4O2. The van der Waals surface area contributed by atoms with E-state index >= 15 is 0 Å². The first-order valence-electron chi connectivity index (χ1n) is 8.26.